The number of rotatable bonds is 0. The van der Waals surface area contributed by atoms with Crippen LogP contribution in [0.5, 0.6) is 11.5 Å². The summed E-state index contributed by atoms with van der Waals surface area (Å²) in [5.41, 5.74) is -1.28. The molecule has 2 aliphatic heterocycles. The maximum absolute atomic E-state index is 12.8. The standard InChI is InChI=1S/C14H16N2O5/c1-14-3-2-7(4-14)21-9-6-15-5-8(17)11(18)12(19)10(15)13(20)16(9)14/h5,7,9,17,19H,2-4,6H2,1H3/t7-,9-,14?/m1/s1. The lowest BCUT2D eigenvalue weighted by Crippen LogP contribution is -2.62. The highest BCUT2D eigenvalue weighted by atomic mass is 16.5. The molecule has 1 aliphatic carbocycles. The first-order valence-electron chi connectivity index (χ1n) is 7.05. The molecule has 0 radical (unpaired) electrons. The number of nitrogens with zero attached hydrogens (tertiary/aromatic N) is 2. The molecule has 1 saturated carbocycles. The number of amides is 1. The summed E-state index contributed by atoms with van der Waals surface area (Å²) in [4.78, 5) is 26.1. The lowest BCUT2D eigenvalue weighted by Gasteiger charge is -2.49. The van der Waals surface area contributed by atoms with E-state index in [1.807, 2.05) is 6.92 Å². The third-order valence-corrected chi connectivity index (χ3v) is 4.90. The lowest BCUT2D eigenvalue weighted by atomic mass is 9.94. The van der Waals surface area contributed by atoms with Crippen molar-refractivity contribution in [3.8, 4) is 11.5 Å². The first-order valence-corrected chi connectivity index (χ1v) is 7.05. The van der Waals surface area contributed by atoms with E-state index in [1.54, 1.807) is 4.90 Å². The highest BCUT2D eigenvalue weighted by molar-refractivity contribution is 5.96. The number of hydrogen-bond donors (Lipinski definition) is 2. The van der Waals surface area contributed by atoms with Crippen molar-refractivity contribution in [3.63, 3.8) is 0 Å². The number of hydrogen-bond acceptors (Lipinski definition) is 5. The molecule has 0 spiro atoms. The smallest absolute Gasteiger partial charge is 0.277 e. The van der Waals surface area contributed by atoms with Gasteiger partial charge in [-0.25, -0.2) is 0 Å². The minimum atomic E-state index is -0.916. The number of fused-ring (bicyclic) bond motifs is 5. The van der Waals surface area contributed by atoms with E-state index in [-0.39, 0.29) is 17.3 Å². The van der Waals surface area contributed by atoms with Gasteiger partial charge >= 0.3 is 0 Å². The van der Waals surface area contributed by atoms with Crippen LogP contribution in [0.3, 0.4) is 0 Å². The Hall–Kier alpha value is -2.02. The van der Waals surface area contributed by atoms with Gasteiger partial charge in [-0.3, -0.25) is 9.59 Å². The second-order valence-corrected chi connectivity index (χ2v) is 6.32. The first kappa shape index (κ1) is 12.7. The van der Waals surface area contributed by atoms with E-state index in [1.165, 1.54) is 10.8 Å². The van der Waals surface area contributed by atoms with Crippen LogP contribution in [0.15, 0.2) is 11.0 Å². The fourth-order valence-electron chi connectivity index (χ4n) is 3.92. The normalized spacial score (nSPS) is 33.8. The van der Waals surface area contributed by atoms with Crippen LogP contribution in [0.4, 0.5) is 0 Å². The van der Waals surface area contributed by atoms with Crippen molar-refractivity contribution in [2.45, 2.75) is 50.6 Å². The molecule has 3 atom stereocenters. The van der Waals surface area contributed by atoms with Crippen molar-refractivity contribution >= 4 is 5.91 Å². The number of aromatic nitrogens is 1. The van der Waals surface area contributed by atoms with Crippen LogP contribution in [0.25, 0.3) is 0 Å². The highest BCUT2D eigenvalue weighted by Gasteiger charge is 2.53. The second-order valence-electron chi connectivity index (χ2n) is 6.32. The van der Waals surface area contributed by atoms with E-state index in [9.17, 15) is 19.8 Å². The molecule has 21 heavy (non-hydrogen) atoms. The molecule has 112 valence electrons. The lowest BCUT2D eigenvalue weighted by molar-refractivity contribution is -0.154. The molecule has 1 unspecified atom stereocenters. The van der Waals surface area contributed by atoms with Gasteiger partial charge in [-0.15, -0.1) is 0 Å². The van der Waals surface area contributed by atoms with E-state index in [2.05, 4.69) is 0 Å². The molecule has 1 aromatic heterocycles. The van der Waals surface area contributed by atoms with Crippen LogP contribution in [0.1, 0.15) is 36.7 Å². The molecule has 0 aromatic carbocycles. The Morgan fingerprint density at radius 2 is 2.14 bits per heavy atom. The van der Waals surface area contributed by atoms with E-state index < -0.39 is 29.1 Å². The molecule has 2 N–H and O–H groups in total. The summed E-state index contributed by atoms with van der Waals surface area (Å²) in [6.45, 7) is 2.32. The summed E-state index contributed by atoms with van der Waals surface area (Å²) in [5, 5.41) is 19.5. The third-order valence-electron chi connectivity index (χ3n) is 4.90. The second kappa shape index (κ2) is 3.79. The van der Waals surface area contributed by atoms with Gasteiger partial charge in [0.2, 0.25) is 0 Å². The molecular formula is C14H16N2O5. The van der Waals surface area contributed by atoms with Crippen LogP contribution < -0.4 is 5.43 Å². The predicted octanol–water partition coefficient (Wildman–Crippen LogP) is 0.383. The molecule has 4 rings (SSSR count). The van der Waals surface area contributed by atoms with Gasteiger partial charge in [0.25, 0.3) is 11.3 Å². The maximum Gasteiger partial charge on any atom is 0.277 e. The summed E-state index contributed by atoms with van der Waals surface area (Å²) in [7, 11) is 0. The number of aromatic hydroxyl groups is 2. The van der Waals surface area contributed by atoms with Gasteiger partial charge in [0, 0.05) is 5.54 Å². The zero-order valence-corrected chi connectivity index (χ0v) is 11.6. The topological polar surface area (TPSA) is 92.0 Å². The van der Waals surface area contributed by atoms with Gasteiger partial charge in [0.1, 0.15) is 0 Å². The fraction of sp³-hybridized carbons (Fsp3) is 0.571. The molecule has 2 fully saturated rings. The monoisotopic (exact) mass is 292 g/mol. The molecule has 7 nitrogen and oxygen atoms in total. The summed E-state index contributed by atoms with van der Waals surface area (Å²) < 4.78 is 7.33. The number of carbonyl (C=O) groups excluding carboxylic acids is 1. The summed E-state index contributed by atoms with van der Waals surface area (Å²) in [5.74, 6) is -1.67. The maximum atomic E-state index is 12.8. The van der Waals surface area contributed by atoms with Crippen molar-refractivity contribution < 1.29 is 19.7 Å². The summed E-state index contributed by atoms with van der Waals surface area (Å²) >= 11 is 0. The van der Waals surface area contributed by atoms with Gasteiger partial charge in [-0.1, -0.05) is 0 Å². The Morgan fingerprint density at radius 3 is 2.90 bits per heavy atom. The Labute approximate surface area is 120 Å². The van der Waals surface area contributed by atoms with Crippen LogP contribution in [-0.2, 0) is 11.3 Å². The zero-order chi connectivity index (χ0) is 14.9. The van der Waals surface area contributed by atoms with Gasteiger partial charge in [-0.2, -0.15) is 0 Å². The van der Waals surface area contributed by atoms with Crippen molar-refractivity contribution in [1.29, 1.82) is 0 Å². The van der Waals surface area contributed by atoms with Crippen molar-refractivity contribution in [3.05, 3.63) is 22.1 Å². The largest absolute Gasteiger partial charge is 0.503 e. The fourth-order valence-corrected chi connectivity index (χ4v) is 3.92. The Morgan fingerprint density at radius 1 is 1.38 bits per heavy atom. The molecule has 7 heteroatoms. The molecule has 1 saturated heterocycles. The Kier molecular flexibility index (Phi) is 2.29. The van der Waals surface area contributed by atoms with Crippen molar-refractivity contribution in [2.75, 3.05) is 0 Å². The number of carbonyl (C=O) groups is 1. The summed E-state index contributed by atoms with van der Waals surface area (Å²) in [6.07, 6.45) is 3.45. The first-order chi connectivity index (χ1) is 9.90. The molecule has 3 aliphatic rings. The van der Waals surface area contributed by atoms with Gasteiger partial charge in [0.05, 0.1) is 18.8 Å². The minimum Gasteiger partial charge on any atom is -0.503 e. The summed E-state index contributed by atoms with van der Waals surface area (Å²) in [6, 6.07) is 0. The predicted molar refractivity (Wildman–Crippen MR) is 71.1 cm³/mol. The van der Waals surface area contributed by atoms with Gasteiger partial charge in [0.15, 0.2) is 23.4 Å². The van der Waals surface area contributed by atoms with Crippen molar-refractivity contribution in [2.24, 2.45) is 0 Å². The van der Waals surface area contributed by atoms with Crippen LogP contribution in [0.2, 0.25) is 0 Å². The molecule has 2 bridgehead atoms. The van der Waals surface area contributed by atoms with Gasteiger partial charge in [-0.05, 0) is 26.2 Å². The van der Waals surface area contributed by atoms with E-state index in [0.29, 0.717) is 6.54 Å². The van der Waals surface area contributed by atoms with E-state index >= 15 is 0 Å². The zero-order valence-electron chi connectivity index (χ0n) is 11.6. The average Bonchev–Trinajstić information content (AvgIpc) is 2.71. The van der Waals surface area contributed by atoms with Crippen LogP contribution in [-0.4, -0.2) is 43.5 Å². The Balaban J connectivity index is 1.89. The van der Waals surface area contributed by atoms with Gasteiger partial charge < -0.3 is 24.4 Å². The molecule has 3 heterocycles. The molecular weight excluding hydrogens is 276 g/mol. The number of pyridine rings is 1. The van der Waals surface area contributed by atoms with Crippen molar-refractivity contribution in [1.82, 2.24) is 9.47 Å². The van der Waals surface area contributed by atoms with Crippen LogP contribution in [0, 0.1) is 0 Å². The molecule has 1 aromatic rings. The SMILES string of the molecule is CC12CC[C@H](C1)O[C@@H]1Cn3cc(O)c(=O)c(O)c3C(=O)N12. The van der Waals surface area contributed by atoms with Crippen LogP contribution >= 0.6 is 0 Å². The van der Waals surface area contributed by atoms with E-state index in [4.69, 9.17) is 4.74 Å². The van der Waals surface area contributed by atoms with E-state index in [0.717, 1.165) is 19.3 Å². The highest BCUT2D eigenvalue weighted by Crippen LogP contribution is 2.45. The third kappa shape index (κ3) is 1.52. The number of ether oxygens (including phenoxy) is 1. The quantitative estimate of drug-likeness (QED) is 0.721. The molecule has 1 amide bonds. The minimum absolute atomic E-state index is 0.0655. The Bertz CT molecular complexity index is 712. The average molecular weight is 292 g/mol.